The van der Waals surface area contributed by atoms with Crippen LogP contribution in [-0.2, 0) is 11.3 Å². The van der Waals surface area contributed by atoms with Crippen LogP contribution in [0.4, 0.5) is 11.4 Å². The molecule has 3 rings (SSSR count). The molecule has 0 fully saturated rings. The van der Waals surface area contributed by atoms with Crippen LogP contribution in [0.2, 0.25) is 5.02 Å². The Labute approximate surface area is 162 Å². The van der Waals surface area contributed by atoms with E-state index in [0.717, 1.165) is 5.69 Å². The highest BCUT2D eigenvalue weighted by Gasteiger charge is 2.19. The molecule has 0 bridgehead atoms. The minimum Gasteiger partial charge on any atom is -0.480 e. The van der Waals surface area contributed by atoms with Gasteiger partial charge in [-0.1, -0.05) is 11.6 Å². The zero-order valence-corrected chi connectivity index (χ0v) is 16.5. The Morgan fingerprint density at radius 2 is 1.89 bits per heavy atom. The van der Waals surface area contributed by atoms with Crippen LogP contribution in [0.5, 0.6) is 0 Å². The lowest BCUT2D eigenvalue weighted by molar-refractivity contribution is -0.137. The largest absolute Gasteiger partial charge is 0.480 e. The number of pyridine rings is 1. The number of nitrogens with zero attached hydrogens (tertiary/aromatic N) is 2. The van der Waals surface area contributed by atoms with Crippen molar-refractivity contribution < 1.29 is 9.90 Å². The van der Waals surface area contributed by atoms with Gasteiger partial charge in [0.15, 0.2) is 5.43 Å². The molecule has 142 valence electrons. The molecule has 0 aliphatic heterocycles. The van der Waals surface area contributed by atoms with Gasteiger partial charge in [0.05, 0.1) is 21.7 Å². The predicted octanol–water partition coefficient (Wildman–Crippen LogP) is 3.78. The second kappa shape index (κ2) is 7.12. The van der Waals surface area contributed by atoms with E-state index in [1.54, 1.807) is 27.7 Å². The van der Waals surface area contributed by atoms with E-state index in [2.05, 4.69) is 5.32 Å². The van der Waals surface area contributed by atoms with Crippen molar-refractivity contribution in [3.8, 4) is 0 Å². The van der Waals surface area contributed by atoms with Gasteiger partial charge in [-0.15, -0.1) is 0 Å². The number of aliphatic carboxylic acids is 1. The van der Waals surface area contributed by atoms with Gasteiger partial charge in [0.2, 0.25) is 0 Å². The lowest BCUT2D eigenvalue weighted by Crippen LogP contribution is -2.20. The quantitative estimate of drug-likeness (QED) is 0.652. The maximum absolute atomic E-state index is 13.1. The third-order valence-corrected chi connectivity index (χ3v) is 4.65. The molecular weight excluding hydrogens is 366 g/mol. The Hall–Kier alpha value is -2.73. The van der Waals surface area contributed by atoms with Crippen molar-refractivity contribution in [3.05, 3.63) is 45.6 Å². The van der Waals surface area contributed by atoms with Crippen molar-refractivity contribution in [1.82, 2.24) is 4.57 Å². The van der Waals surface area contributed by atoms with E-state index >= 15 is 0 Å². The molecule has 1 heterocycles. The average Bonchev–Trinajstić information content (AvgIpc) is 2.57. The molecule has 6 nitrogen and oxygen atoms in total. The highest BCUT2D eigenvalue weighted by Crippen LogP contribution is 2.34. The molecule has 0 radical (unpaired) electrons. The molecule has 3 aromatic rings. The number of aromatic nitrogens is 1. The number of hydrogen-bond acceptors (Lipinski definition) is 4. The Morgan fingerprint density at radius 3 is 2.48 bits per heavy atom. The number of rotatable bonds is 5. The Bertz CT molecular complexity index is 1100. The van der Waals surface area contributed by atoms with E-state index in [4.69, 9.17) is 11.6 Å². The van der Waals surface area contributed by atoms with Gasteiger partial charge in [0.25, 0.3) is 0 Å². The molecule has 0 unspecified atom stereocenters. The highest BCUT2D eigenvalue weighted by molar-refractivity contribution is 6.35. The van der Waals surface area contributed by atoms with Crippen LogP contribution in [-0.4, -0.2) is 35.8 Å². The summed E-state index contributed by atoms with van der Waals surface area (Å²) in [4.78, 5) is 26.5. The predicted molar refractivity (Wildman–Crippen MR) is 111 cm³/mol. The average molecular weight is 388 g/mol. The Balaban J connectivity index is 2.53. The Kier molecular flexibility index (Phi) is 5.02. The smallest absolute Gasteiger partial charge is 0.323 e. The number of anilines is 2. The summed E-state index contributed by atoms with van der Waals surface area (Å²) in [5.41, 5.74) is 2.39. The number of carboxylic acids is 1. The van der Waals surface area contributed by atoms with Gasteiger partial charge in [-0.05, 0) is 44.2 Å². The van der Waals surface area contributed by atoms with Gasteiger partial charge in [-0.2, -0.15) is 0 Å². The van der Waals surface area contributed by atoms with E-state index in [9.17, 15) is 14.7 Å². The first-order valence-corrected chi connectivity index (χ1v) is 9.03. The molecule has 27 heavy (non-hydrogen) atoms. The van der Waals surface area contributed by atoms with Crippen molar-refractivity contribution in [2.45, 2.75) is 26.4 Å². The second-order valence-electron chi connectivity index (χ2n) is 7.03. The topological polar surface area (TPSA) is 74.6 Å². The van der Waals surface area contributed by atoms with Gasteiger partial charge in [-0.3, -0.25) is 9.59 Å². The third kappa shape index (κ3) is 3.45. The fourth-order valence-corrected chi connectivity index (χ4v) is 3.69. The fourth-order valence-electron chi connectivity index (χ4n) is 3.37. The number of carbonyl (C=O) groups is 1. The molecule has 0 aliphatic rings. The van der Waals surface area contributed by atoms with Crippen molar-refractivity contribution in [2.75, 3.05) is 24.3 Å². The molecule has 0 saturated heterocycles. The van der Waals surface area contributed by atoms with Crippen molar-refractivity contribution >= 4 is 50.8 Å². The van der Waals surface area contributed by atoms with Crippen LogP contribution in [0, 0.1) is 0 Å². The van der Waals surface area contributed by atoms with Crippen LogP contribution in [0.15, 0.2) is 35.1 Å². The molecule has 0 spiro atoms. The summed E-state index contributed by atoms with van der Waals surface area (Å²) in [5.74, 6) is -0.992. The molecule has 0 amide bonds. The van der Waals surface area contributed by atoms with E-state index in [1.165, 1.54) is 0 Å². The van der Waals surface area contributed by atoms with E-state index in [0.29, 0.717) is 32.5 Å². The van der Waals surface area contributed by atoms with Crippen LogP contribution in [0.25, 0.3) is 21.8 Å². The molecule has 0 saturated carbocycles. The minimum atomic E-state index is -0.992. The second-order valence-corrected chi connectivity index (χ2v) is 7.43. The number of nitrogens with one attached hydrogen (secondary N) is 1. The lowest BCUT2D eigenvalue weighted by Gasteiger charge is -2.22. The van der Waals surface area contributed by atoms with Crippen LogP contribution >= 0.6 is 11.6 Å². The van der Waals surface area contributed by atoms with Crippen molar-refractivity contribution in [3.63, 3.8) is 0 Å². The molecule has 2 N–H and O–H groups in total. The number of fused-ring (bicyclic) bond motifs is 2. The van der Waals surface area contributed by atoms with E-state index in [1.807, 2.05) is 40.1 Å². The molecule has 2 aromatic carbocycles. The zero-order chi connectivity index (χ0) is 19.9. The lowest BCUT2D eigenvalue weighted by atomic mass is 10.1. The van der Waals surface area contributed by atoms with Gasteiger partial charge < -0.3 is 19.9 Å². The van der Waals surface area contributed by atoms with Gasteiger partial charge >= 0.3 is 5.97 Å². The number of carboxylic acid groups (broad SMARTS) is 1. The number of benzene rings is 2. The summed E-state index contributed by atoms with van der Waals surface area (Å²) in [6.45, 7) is 3.75. The summed E-state index contributed by atoms with van der Waals surface area (Å²) in [7, 11) is 3.63. The third-order valence-electron chi connectivity index (χ3n) is 4.35. The maximum atomic E-state index is 13.1. The van der Waals surface area contributed by atoms with Gasteiger partial charge in [0.1, 0.15) is 6.54 Å². The summed E-state index contributed by atoms with van der Waals surface area (Å²) >= 11 is 6.39. The number of halogens is 1. The molecule has 1 aromatic heterocycles. The van der Waals surface area contributed by atoms with E-state index < -0.39 is 5.97 Å². The van der Waals surface area contributed by atoms with Crippen molar-refractivity contribution in [2.24, 2.45) is 0 Å². The van der Waals surface area contributed by atoms with Gasteiger partial charge in [0, 0.05) is 36.6 Å². The van der Waals surface area contributed by atoms with Crippen LogP contribution in [0.3, 0.4) is 0 Å². The summed E-state index contributed by atoms with van der Waals surface area (Å²) in [6.07, 6.45) is 0. The first-order chi connectivity index (χ1) is 12.7. The molecule has 7 heteroatoms. The normalized spacial score (nSPS) is 11.3. The van der Waals surface area contributed by atoms with Crippen LogP contribution in [0.1, 0.15) is 13.8 Å². The SMILES string of the molecule is CC(C)Nc1ccc2c(=O)c3ccc(Cl)c(N(C)C)c3n(CC(=O)O)c2c1. The highest BCUT2D eigenvalue weighted by atomic mass is 35.5. The van der Waals surface area contributed by atoms with Gasteiger partial charge in [-0.25, -0.2) is 0 Å². The maximum Gasteiger partial charge on any atom is 0.323 e. The summed E-state index contributed by atoms with van der Waals surface area (Å²) in [5, 5.41) is 14.2. The standard InChI is InChI=1S/C20H22ClN3O3/c1-11(2)22-12-5-6-13-16(9-12)24(10-17(25)26)18-14(20(13)27)7-8-15(21)19(18)23(3)4/h5-9,11,22H,10H2,1-4H3,(H,25,26). The minimum absolute atomic E-state index is 0.141. The summed E-state index contributed by atoms with van der Waals surface area (Å²) < 4.78 is 1.65. The zero-order valence-electron chi connectivity index (χ0n) is 15.7. The first-order valence-electron chi connectivity index (χ1n) is 8.65. The first kappa shape index (κ1) is 19.0. The fraction of sp³-hybridized carbons (Fsp3) is 0.300. The van der Waals surface area contributed by atoms with Crippen LogP contribution < -0.4 is 15.6 Å². The number of hydrogen-bond donors (Lipinski definition) is 2. The molecular formula is C20H22ClN3O3. The molecule has 0 aliphatic carbocycles. The van der Waals surface area contributed by atoms with Crippen molar-refractivity contribution in [1.29, 1.82) is 0 Å². The Morgan fingerprint density at radius 1 is 1.22 bits per heavy atom. The monoisotopic (exact) mass is 387 g/mol. The van der Waals surface area contributed by atoms with E-state index in [-0.39, 0.29) is 18.0 Å². The summed E-state index contributed by atoms with van der Waals surface area (Å²) in [6, 6.07) is 8.93. The molecule has 0 atom stereocenters.